The largest absolute Gasteiger partial charge is 0.493 e. The van der Waals surface area contributed by atoms with Crippen molar-refractivity contribution in [3.8, 4) is 5.88 Å². The van der Waals surface area contributed by atoms with E-state index in [1.165, 1.54) is 6.20 Å². The van der Waals surface area contributed by atoms with Crippen LogP contribution in [0.3, 0.4) is 0 Å². The first-order valence-corrected chi connectivity index (χ1v) is 5.42. The third kappa shape index (κ3) is 1.91. The highest BCUT2D eigenvalue weighted by Gasteiger charge is 2.08. The summed E-state index contributed by atoms with van der Waals surface area (Å²) in [4.78, 5) is 18.0. The minimum atomic E-state index is -0.135. The van der Waals surface area contributed by atoms with Crippen molar-refractivity contribution in [2.75, 3.05) is 0 Å². The van der Waals surface area contributed by atoms with E-state index in [9.17, 15) is 9.90 Å². The van der Waals surface area contributed by atoms with Gasteiger partial charge in [-0.15, -0.1) is 0 Å². The quantitative estimate of drug-likeness (QED) is 0.827. The second-order valence-electron chi connectivity index (χ2n) is 3.82. The average Bonchev–Trinajstić information content (AvgIpc) is 2.25. The summed E-state index contributed by atoms with van der Waals surface area (Å²) in [5, 5.41) is 10.4. The Morgan fingerprint density at radius 3 is 3.06 bits per heavy atom. The van der Waals surface area contributed by atoms with Crippen LogP contribution < -0.4 is 5.56 Å². The topological polar surface area (TPSA) is 66.0 Å². The molecule has 4 nitrogen and oxygen atoms in total. The van der Waals surface area contributed by atoms with Crippen LogP contribution in [0.2, 0.25) is 0 Å². The predicted octanol–water partition coefficient (Wildman–Crippen LogP) is 1.97. The molecule has 0 saturated heterocycles. The Balaban J connectivity index is 2.65. The van der Waals surface area contributed by atoms with E-state index in [-0.39, 0.29) is 11.4 Å². The number of aromatic amines is 1. The van der Waals surface area contributed by atoms with Gasteiger partial charge in [0.2, 0.25) is 11.4 Å². The first kappa shape index (κ1) is 10.7. The Morgan fingerprint density at radius 2 is 2.31 bits per heavy atom. The summed E-state index contributed by atoms with van der Waals surface area (Å²) >= 11 is 0. The fourth-order valence-corrected chi connectivity index (χ4v) is 1.84. The maximum absolute atomic E-state index is 11.4. The predicted molar refractivity (Wildman–Crippen MR) is 62.6 cm³/mol. The van der Waals surface area contributed by atoms with E-state index in [0.717, 1.165) is 24.8 Å². The van der Waals surface area contributed by atoms with Gasteiger partial charge in [0, 0.05) is 12.3 Å². The lowest BCUT2D eigenvalue weighted by Crippen LogP contribution is -2.07. The van der Waals surface area contributed by atoms with Crippen LogP contribution in [-0.4, -0.2) is 15.1 Å². The van der Waals surface area contributed by atoms with Gasteiger partial charge in [-0.3, -0.25) is 4.79 Å². The Bertz CT molecular complexity index is 560. The molecule has 2 heterocycles. The van der Waals surface area contributed by atoms with Gasteiger partial charge in [0.1, 0.15) is 0 Å². The second-order valence-corrected chi connectivity index (χ2v) is 3.82. The molecule has 2 N–H and O–H groups in total. The first-order valence-electron chi connectivity index (χ1n) is 5.42. The van der Waals surface area contributed by atoms with Crippen LogP contribution >= 0.6 is 0 Å². The molecule has 16 heavy (non-hydrogen) atoms. The minimum absolute atomic E-state index is 0.0140. The van der Waals surface area contributed by atoms with Crippen LogP contribution in [0.4, 0.5) is 0 Å². The number of hydrogen-bond acceptors (Lipinski definition) is 3. The van der Waals surface area contributed by atoms with E-state index in [1.54, 1.807) is 12.1 Å². The number of aryl methyl sites for hydroxylation is 1. The molecule has 4 heteroatoms. The number of H-pyrrole nitrogens is 1. The monoisotopic (exact) mass is 218 g/mol. The molecule has 0 bridgehead atoms. The lowest BCUT2D eigenvalue weighted by atomic mass is 10.0. The number of nitrogens with zero attached hydrogens (tertiary/aromatic N) is 1. The molecule has 0 aliphatic rings. The lowest BCUT2D eigenvalue weighted by molar-refractivity contribution is 0.460. The van der Waals surface area contributed by atoms with Crippen molar-refractivity contribution in [3.05, 3.63) is 34.2 Å². The molecule has 0 amide bonds. The van der Waals surface area contributed by atoms with Crippen LogP contribution in [0.1, 0.15) is 25.3 Å². The number of aromatic hydroxyl groups is 1. The number of nitrogens with one attached hydrogen (secondary N) is 1. The molecule has 0 radical (unpaired) electrons. The van der Waals surface area contributed by atoms with Crippen molar-refractivity contribution in [1.82, 2.24) is 9.97 Å². The van der Waals surface area contributed by atoms with Gasteiger partial charge in [0.15, 0.2) is 0 Å². The van der Waals surface area contributed by atoms with Crippen LogP contribution in [-0.2, 0) is 6.42 Å². The van der Waals surface area contributed by atoms with Crippen molar-refractivity contribution < 1.29 is 5.11 Å². The van der Waals surface area contributed by atoms with E-state index in [1.807, 2.05) is 0 Å². The second kappa shape index (κ2) is 4.35. The molecule has 0 aromatic carbocycles. The zero-order chi connectivity index (χ0) is 11.5. The summed E-state index contributed by atoms with van der Waals surface area (Å²) in [5.74, 6) is -0.0140. The molecule has 0 aliphatic heterocycles. The Kier molecular flexibility index (Phi) is 2.90. The molecular weight excluding hydrogens is 204 g/mol. The smallest absolute Gasteiger partial charge is 0.248 e. The molecule has 0 fully saturated rings. The molecule has 0 spiro atoms. The van der Waals surface area contributed by atoms with Crippen molar-refractivity contribution in [2.45, 2.75) is 26.2 Å². The summed E-state index contributed by atoms with van der Waals surface area (Å²) in [6.07, 6.45) is 4.32. The van der Waals surface area contributed by atoms with Crippen LogP contribution in [0.5, 0.6) is 5.88 Å². The summed E-state index contributed by atoms with van der Waals surface area (Å²) < 4.78 is 0. The Hall–Kier alpha value is -1.84. The zero-order valence-electron chi connectivity index (χ0n) is 9.16. The molecular formula is C12H14N2O2. The minimum Gasteiger partial charge on any atom is -0.493 e. The number of fused-ring (bicyclic) bond motifs is 1. The van der Waals surface area contributed by atoms with Crippen LogP contribution in [0.15, 0.2) is 23.1 Å². The zero-order valence-corrected chi connectivity index (χ0v) is 9.16. The van der Waals surface area contributed by atoms with Gasteiger partial charge in [-0.1, -0.05) is 13.3 Å². The van der Waals surface area contributed by atoms with Crippen LogP contribution in [0.25, 0.3) is 10.9 Å². The standard InChI is InChI=1S/C12H14N2O2/c1-2-3-4-8-7-10(15)14-9-5-6-13-12(16)11(8)9/h5-7H,2-4H2,1H3,(H,13,16)(H,14,15). The number of hydrogen-bond donors (Lipinski definition) is 2. The summed E-state index contributed by atoms with van der Waals surface area (Å²) in [6, 6.07) is 3.24. The summed E-state index contributed by atoms with van der Waals surface area (Å²) in [6.45, 7) is 2.09. The molecule has 2 rings (SSSR count). The van der Waals surface area contributed by atoms with Crippen molar-refractivity contribution >= 4 is 10.9 Å². The Labute approximate surface area is 93.0 Å². The van der Waals surface area contributed by atoms with Crippen molar-refractivity contribution in [2.24, 2.45) is 0 Å². The average molecular weight is 218 g/mol. The molecule has 0 aliphatic carbocycles. The highest BCUT2D eigenvalue weighted by molar-refractivity contribution is 5.86. The fourth-order valence-electron chi connectivity index (χ4n) is 1.84. The molecule has 0 atom stereocenters. The van der Waals surface area contributed by atoms with E-state index >= 15 is 0 Å². The molecule has 2 aromatic heterocycles. The third-order valence-electron chi connectivity index (χ3n) is 2.61. The summed E-state index contributed by atoms with van der Waals surface area (Å²) in [7, 11) is 0. The number of pyridine rings is 2. The van der Waals surface area contributed by atoms with Crippen LogP contribution in [0, 0.1) is 0 Å². The van der Waals surface area contributed by atoms with Gasteiger partial charge in [-0.25, -0.2) is 4.98 Å². The first-order chi connectivity index (χ1) is 7.72. The Morgan fingerprint density at radius 1 is 1.50 bits per heavy atom. The van der Waals surface area contributed by atoms with E-state index in [4.69, 9.17) is 0 Å². The molecule has 2 aromatic rings. The van der Waals surface area contributed by atoms with Crippen molar-refractivity contribution in [3.63, 3.8) is 0 Å². The maximum atomic E-state index is 11.4. The van der Waals surface area contributed by atoms with Gasteiger partial charge in [-0.2, -0.15) is 0 Å². The maximum Gasteiger partial charge on any atom is 0.248 e. The number of aromatic nitrogens is 2. The molecule has 0 saturated carbocycles. The van der Waals surface area contributed by atoms with E-state index < -0.39 is 0 Å². The van der Waals surface area contributed by atoms with Gasteiger partial charge >= 0.3 is 0 Å². The molecule has 0 unspecified atom stereocenters. The highest BCUT2D eigenvalue weighted by atomic mass is 16.3. The SMILES string of the molecule is CCCCc1cc(=O)[nH]c2ccnc(O)c12. The lowest BCUT2D eigenvalue weighted by Gasteiger charge is -2.06. The number of rotatable bonds is 3. The fraction of sp³-hybridized carbons (Fsp3) is 0.333. The summed E-state index contributed by atoms with van der Waals surface area (Å²) in [5.41, 5.74) is 1.38. The van der Waals surface area contributed by atoms with E-state index in [0.29, 0.717) is 10.9 Å². The normalized spacial score (nSPS) is 10.8. The molecule has 84 valence electrons. The number of unbranched alkanes of at least 4 members (excludes halogenated alkanes) is 1. The van der Waals surface area contributed by atoms with Gasteiger partial charge < -0.3 is 10.1 Å². The highest BCUT2D eigenvalue weighted by Crippen LogP contribution is 2.24. The third-order valence-corrected chi connectivity index (χ3v) is 2.61. The van der Waals surface area contributed by atoms with E-state index in [2.05, 4.69) is 16.9 Å². The van der Waals surface area contributed by atoms with Crippen molar-refractivity contribution in [1.29, 1.82) is 0 Å². The van der Waals surface area contributed by atoms with Gasteiger partial charge in [-0.05, 0) is 24.5 Å². The van der Waals surface area contributed by atoms with Gasteiger partial charge in [0.25, 0.3) is 0 Å². The van der Waals surface area contributed by atoms with Gasteiger partial charge in [0.05, 0.1) is 10.9 Å².